The van der Waals surface area contributed by atoms with E-state index in [0.717, 1.165) is 0 Å². The summed E-state index contributed by atoms with van der Waals surface area (Å²) in [7, 11) is 0. The summed E-state index contributed by atoms with van der Waals surface area (Å²) in [4.78, 5) is 37.0. The summed E-state index contributed by atoms with van der Waals surface area (Å²) in [5.74, 6) is 0.0347. The van der Waals surface area contributed by atoms with Crippen LogP contribution in [0.4, 0.5) is 4.79 Å². The molecule has 0 saturated carbocycles. The lowest BCUT2D eigenvalue weighted by molar-refractivity contribution is 0.0141. The quantitative estimate of drug-likeness (QED) is 0.701. The van der Waals surface area contributed by atoms with Crippen LogP contribution in [0.25, 0.3) is 10.9 Å². The van der Waals surface area contributed by atoms with Crippen LogP contribution >= 0.6 is 23.2 Å². The number of amides is 1. The van der Waals surface area contributed by atoms with Gasteiger partial charge in [-0.05, 0) is 27.7 Å². The lowest BCUT2D eigenvalue weighted by Crippen LogP contribution is -2.58. The summed E-state index contributed by atoms with van der Waals surface area (Å²) in [6, 6.07) is -0.210. The van der Waals surface area contributed by atoms with Crippen molar-refractivity contribution < 1.29 is 14.3 Å². The van der Waals surface area contributed by atoms with Crippen molar-refractivity contribution in [3.05, 3.63) is 26.9 Å². The first-order valence-electron chi connectivity index (χ1n) is 9.17. The maximum absolute atomic E-state index is 12.4. The molecule has 0 aliphatic carbocycles. The van der Waals surface area contributed by atoms with Gasteiger partial charge < -0.3 is 24.7 Å². The van der Waals surface area contributed by atoms with Gasteiger partial charge in [0.15, 0.2) is 5.15 Å². The molecule has 29 heavy (non-hydrogen) atoms. The van der Waals surface area contributed by atoms with Gasteiger partial charge in [-0.2, -0.15) is 4.98 Å². The first kappa shape index (κ1) is 21.6. The Morgan fingerprint density at radius 2 is 2.10 bits per heavy atom. The summed E-state index contributed by atoms with van der Waals surface area (Å²) in [6.07, 6.45) is 0.421. The third-order valence-electron chi connectivity index (χ3n) is 4.38. The van der Waals surface area contributed by atoms with Crippen LogP contribution in [0.5, 0.6) is 5.88 Å². The molecule has 1 fully saturated rings. The molecule has 1 aliphatic rings. The van der Waals surface area contributed by atoms with E-state index in [1.165, 1.54) is 6.33 Å². The number of H-pyrrole nitrogens is 1. The minimum Gasteiger partial charge on any atom is -0.472 e. The third-order valence-corrected chi connectivity index (χ3v) is 5.11. The zero-order valence-electron chi connectivity index (χ0n) is 16.6. The number of hydrogen-bond acceptors (Lipinski definition) is 7. The number of nitrogens with one attached hydrogen (secondary N) is 2. The second kappa shape index (κ2) is 8.33. The second-order valence-corrected chi connectivity index (χ2v) is 8.52. The van der Waals surface area contributed by atoms with Gasteiger partial charge in [0.1, 0.15) is 27.6 Å². The molecule has 0 radical (unpaired) electrons. The first-order valence-corrected chi connectivity index (χ1v) is 9.93. The van der Waals surface area contributed by atoms with Gasteiger partial charge >= 0.3 is 6.09 Å². The second-order valence-electron chi connectivity index (χ2n) is 7.79. The Kier molecular flexibility index (Phi) is 6.21. The Hall–Kier alpha value is -2.10. The average Bonchev–Trinajstić information content (AvgIpc) is 2.64. The third kappa shape index (κ3) is 4.91. The van der Waals surface area contributed by atoms with Crippen molar-refractivity contribution in [2.24, 2.45) is 0 Å². The normalized spacial score (nSPS) is 18.6. The van der Waals surface area contributed by atoms with Gasteiger partial charge in [0.2, 0.25) is 5.88 Å². The highest BCUT2D eigenvalue weighted by molar-refractivity contribution is 6.44. The monoisotopic (exact) mass is 443 g/mol. The molecule has 0 bridgehead atoms. The van der Waals surface area contributed by atoms with Gasteiger partial charge in [-0.1, -0.05) is 23.2 Å². The Morgan fingerprint density at radius 1 is 1.38 bits per heavy atom. The van der Waals surface area contributed by atoms with E-state index in [0.29, 0.717) is 19.6 Å². The number of pyridine rings is 1. The number of aromatic nitrogens is 3. The molecular formula is C18H23Cl2N5O4. The van der Waals surface area contributed by atoms with Crippen molar-refractivity contribution in [2.75, 3.05) is 19.6 Å². The average molecular weight is 444 g/mol. The summed E-state index contributed by atoms with van der Waals surface area (Å²) in [6.45, 7) is 8.76. The first-order chi connectivity index (χ1) is 13.6. The van der Waals surface area contributed by atoms with Crippen molar-refractivity contribution >= 4 is 40.2 Å². The van der Waals surface area contributed by atoms with Gasteiger partial charge in [0.25, 0.3) is 5.56 Å². The van der Waals surface area contributed by atoms with Crippen molar-refractivity contribution in [1.82, 2.24) is 25.2 Å². The molecule has 0 aromatic carbocycles. The highest BCUT2D eigenvalue weighted by atomic mass is 35.5. The Balaban J connectivity index is 1.80. The summed E-state index contributed by atoms with van der Waals surface area (Å²) < 4.78 is 11.4. The zero-order chi connectivity index (χ0) is 21.3. The molecule has 1 amide bonds. The number of carbonyl (C=O) groups excluding carboxylic acids is 1. The molecular weight excluding hydrogens is 421 g/mol. The fourth-order valence-electron chi connectivity index (χ4n) is 2.98. The molecule has 2 aromatic rings. The molecule has 3 heterocycles. The predicted octanol–water partition coefficient (Wildman–Crippen LogP) is 2.60. The molecule has 2 N–H and O–H groups in total. The van der Waals surface area contributed by atoms with Crippen LogP contribution in [0, 0.1) is 0 Å². The number of nitrogens with zero attached hydrogens (tertiary/aromatic N) is 3. The van der Waals surface area contributed by atoms with E-state index in [1.54, 1.807) is 4.90 Å². The number of piperazine rings is 1. The molecule has 158 valence electrons. The molecule has 0 unspecified atom stereocenters. The number of halogens is 2. The number of rotatable bonds is 3. The van der Waals surface area contributed by atoms with Crippen LogP contribution in [-0.4, -0.2) is 63.3 Å². The fraction of sp³-hybridized carbons (Fsp3) is 0.556. The summed E-state index contributed by atoms with van der Waals surface area (Å²) in [5, 5.41) is 3.51. The van der Waals surface area contributed by atoms with Crippen molar-refractivity contribution in [3.63, 3.8) is 0 Å². The van der Waals surface area contributed by atoms with Gasteiger partial charge in [0.05, 0.1) is 12.4 Å². The Labute approximate surface area is 177 Å². The SMILES string of the molecule is C[C@H](Oc1nc(Cl)c(Cl)c2nc[nH]c(=O)c12)[C@@H]1CN(C(=O)OC(C)(C)C)CCN1. The molecule has 2 aromatic heterocycles. The van der Waals surface area contributed by atoms with Crippen molar-refractivity contribution in [2.45, 2.75) is 45.4 Å². The van der Waals surface area contributed by atoms with Crippen LogP contribution < -0.4 is 15.6 Å². The Bertz CT molecular complexity index is 975. The standard InChI is InChI=1S/C18H23Cl2N5O4/c1-9(10-7-25(6-5-21-10)17(27)29-18(2,3)4)28-16-11-13(12(19)14(20)24-16)22-8-23-15(11)26/h8-10,21H,5-7H2,1-4H3,(H,22,23,26)/t9-,10-/m0/s1. The van der Waals surface area contributed by atoms with Crippen LogP contribution in [0.1, 0.15) is 27.7 Å². The molecule has 9 nitrogen and oxygen atoms in total. The molecule has 0 spiro atoms. The van der Waals surface area contributed by atoms with E-state index in [9.17, 15) is 9.59 Å². The van der Waals surface area contributed by atoms with Crippen LogP contribution in [-0.2, 0) is 4.74 Å². The van der Waals surface area contributed by atoms with Crippen molar-refractivity contribution in [1.29, 1.82) is 0 Å². The minimum atomic E-state index is -0.573. The van der Waals surface area contributed by atoms with Gasteiger partial charge in [-0.25, -0.2) is 9.78 Å². The van der Waals surface area contributed by atoms with E-state index in [1.807, 2.05) is 27.7 Å². The topological polar surface area (TPSA) is 109 Å². The van der Waals surface area contributed by atoms with Crippen LogP contribution in [0.15, 0.2) is 11.1 Å². The van der Waals surface area contributed by atoms with Gasteiger partial charge in [-0.3, -0.25) is 4.79 Å². The lowest BCUT2D eigenvalue weighted by Gasteiger charge is -2.37. The lowest BCUT2D eigenvalue weighted by atomic mass is 10.1. The minimum absolute atomic E-state index is 0.00792. The van der Waals surface area contributed by atoms with Crippen molar-refractivity contribution in [3.8, 4) is 5.88 Å². The number of carbonyl (C=O) groups is 1. The summed E-state index contributed by atoms with van der Waals surface area (Å²) in [5.41, 5.74) is -0.795. The van der Waals surface area contributed by atoms with E-state index in [2.05, 4.69) is 20.3 Å². The maximum atomic E-state index is 12.4. The number of fused-ring (bicyclic) bond motifs is 1. The number of aromatic amines is 1. The van der Waals surface area contributed by atoms with Crippen LogP contribution in [0.2, 0.25) is 10.2 Å². The highest BCUT2D eigenvalue weighted by Gasteiger charge is 2.31. The van der Waals surface area contributed by atoms with E-state index < -0.39 is 17.3 Å². The molecule has 3 rings (SSSR count). The molecule has 11 heteroatoms. The molecule has 1 saturated heterocycles. The largest absolute Gasteiger partial charge is 0.472 e. The summed E-state index contributed by atoms with van der Waals surface area (Å²) >= 11 is 12.2. The Morgan fingerprint density at radius 3 is 2.79 bits per heavy atom. The maximum Gasteiger partial charge on any atom is 0.410 e. The fourth-order valence-corrected chi connectivity index (χ4v) is 3.34. The van der Waals surface area contributed by atoms with Gasteiger partial charge in [0, 0.05) is 19.6 Å². The smallest absolute Gasteiger partial charge is 0.410 e. The number of hydrogen-bond donors (Lipinski definition) is 2. The predicted molar refractivity (Wildman–Crippen MR) is 110 cm³/mol. The van der Waals surface area contributed by atoms with Gasteiger partial charge in [-0.15, -0.1) is 0 Å². The molecule has 2 atom stereocenters. The molecule has 1 aliphatic heterocycles. The van der Waals surface area contributed by atoms with E-state index in [4.69, 9.17) is 32.7 Å². The van der Waals surface area contributed by atoms with E-state index in [-0.39, 0.29) is 39.1 Å². The van der Waals surface area contributed by atoms with Crippen LogP contribution in [0.3, 0.4) is 0 Å². The number of ether oxygens (including phenoxy) is 2. The highest BCUT2D eigenvalue weighted by Crippen LogP contribution is 2.32. The zero-order valence-corrected chi connectivity index (χ0v) is 18.1. The van der Waals surface area contributed by atoms with E-state index >= 15 is 0 Å².